The highest BCUT2D eigenvalue weighted by Gasteiger charge is 2.28. The van der Waals surface area contributed by atoms with Crippen LogP contribution in [0.1, 0.15) is 39.5 Å². The van der Waals surface area contributed by atoms with Gasteiger partial charge in [0, 0.05) is 13.1 Å². The van der Waals surface area contributed by atoms with E-state index in [9.17, 15) is 19.8 Å². The van der Waals surface area contributed by atoms with E-state index in [1.807, 2.05) is 13.8 Å². The molecule has 0 saturated carbocycles. The molecule has 3 rings (SSSR count). The molecule has 214 valence electrons. The predicted molar refractivity (Wildman–Crippen MR) is 141 cm³/mol. The van der Waals surface area contributed by atoms with Gasteiger partial charge >= 0.3 is 11.9 Å². The number of benzene rings is 1. The third-order valence-corrected chi connectivity index (χ3v) is 7.06. The molecule has 0 radical (unpaired) electrons. The van der Waals surface area contributed by atoms with E-state index in [1.165, 1.54) is 0 Å². The van der Waals surface area contributed by atoms with Crippen LogP contribution in [0.5, 0.6) is 11.5 Å². The molecule has 10 heteroatoms. The molecule has 2 unspecified atom stereocenters. The van der Waals surface area contributed by atoms with E-state index >= 15 is 0 Å². The summed E-state index contributed by atoms with van der Waals surface area (Å²) in [5.41, 5.74) is 0. The van der Waals surface area contributed by atoms with Crippen LogP contribution in [0.25, 0.3) is 0 Å². The van der Waals surface area contributed by atoms with Gasteiger partial charge in [-0.15, -0.1) is 0 Å². The Labute approximate surface area is 225 Å². The van der Waals surface area contributed by atoms with Crippen LogP contribution in [-0.4, -0.2) is 110 Å². The van der Waals surface area contributed by atoms with E-state index in [1.54, 1.807) is 24.3 Å². The number of β-amino-alcohol motifs (C(OH)–C–C–N with tert-alkyl or cyclic N) is 2. The molecule has 2 aliphatic rings. The van der Waals surface area contributed by atoms with Gasteiger partial charge in [0.25, 0.3) is 0 Å². The Balaban J connectivity index is 1.28. The number of esters is 2. The van der Waals surface area contributed by atoms with Crippen LogP contribution < -0.4 is 9.47 Å². The molecular formula is C28H44N2O8. The molecule has 0 aliphatic carbocycles. The minimum Gasteiger partial charge on any atom is -0.491 e. The smallest absolute Gasteiger partial charge is 0.309 e. The molecule has 1 aromatic carbocycles. The number of rotatable bonds is 14. The molecule has 2 fully saturated rings. The number of hydrogen-bond donors (Lipinski definition) is 2. The fraction of sp³-hybridized carbons (Fsp3) is 0.714. The van der Waals surface area contributed by atoms with Crippen LogP contribution in [0.3, 0.4) is 0 Å². The van der Waals surface area contributed by atoms with Crippen molar-refractivity contribution in [3.63, 3.8) is 0 Å². The summed E-state index contributed by atoms with van der Waals surface area (Å²) >= 11 is 0. The summed E-state index contributed by atoms with van der Waals surface area (Å²) in [6.07, 6.45) is 1.71. The van der Waals surface area contributed by atoms with Gasteiger partial charge in [-0.3, -0.25) is 9.59 Å². The third-order valence-electron chi connectivity index (χ3n) is 7.06. The Morgan fingerprint density at radius 1 is 0.737 bits per heavy atom. The van der Waals surface area contributed by atoms with Crippen molar-refractivity contribution >= 4 is 11.9 Å². The first-order valence-corrected chi connectivity index (χ1v) is 13.9. The van der Waals surface area contributed by atoms with Gasteiger partial charge in [-0.25, -0.2) is 0 Å². The number of aliphatic hydroxyl groups is 2. The molecule has 1 aromatic rings. The SMILES string of the molecule is CCOC(=O)C1CCN(CC(O)COc2ccc(OCC(O)CN3CCC(C(=O)OCC)CC3)cc2)CC1. The van der Waals surface area contributed by atoms with Gasteiger partial charge in [0.15, 0.2) is 0 Å². The molecule has 2 saturated heterocycles. The lowest BCUT2D eigenvalue weighted by Gasteiger charge is -2.32. The lowest BCUT2D eigenvalue weighted by atomic mass is 9.97. The van der Waals surface area contributed by atoms with Crippen molar-refractivity contribution in [3.8, 4) is 11.5 Å². The predicted octanol–water partition coefficient (Wildman–Crippen LogP) is 1.72. The molecule has 2 heterocycles. The summed E-state index contributed by atoms with van der Waals surface area (Å²) in [6.45, 7) is 8.80. The second-order valence-corrected chi connectivity index (χ2v) is 10.1. The van der Waals surface area contributed by atoms with E-state index in [4.69, 9.17) is 18.9 Å². The van der Waals surface area contributed by atoms with E-state index in [-0.39, 0.29) is 37.0 Å². The number of piperidine rings is 2. The van der Waals surface area contributed by atoms with E-state index in [2.05, 4.69) is 9.80 Å². The zero-order valence-electron chi connectivity index (χ0n) is 22.8. The average Bonchev–Trinajstić information content (AvgIpc) is 2.92. The molecular weight excluding hydrogens is 492 g/mol. The maximum Gasteiger partial charge on any atom is 0.309 e. The third kappa shape index (κ3) is 10.1. The summed E-state index contributed by atoms with van der Waals surface area (Å²) in [5, 5.41) is 20.8. The number of hydrogen-bond acceptors (Lipinski definition) is 10. The second kappa shape index (κ2) is 15.9. The number of carbonyl (C=O) groups excluding carboxylic acids is 2. The van der Waals surface area contributed by atoms with Gasteiger partial charge < -0.3 is 39.0 Å². The molecule has 38 heavy (non-hydrogen) atoms. The highest BCUT2D eigenvalue weighted by Crippen LogP contribution is 2.21. The van der Waals surface area contributed by atoms with Crippen LogP contribution in [0.15, 0.2) is 24.3 Å². The first-order chi connectivity index (χ1) is 18.4. The molecule has 0 aromatic heterocycles. The highest BCUT2D eigenvalue weighted by molar-refractivity contribution is 5.72. The molecule has 2 atom stereocenters. The largest absolute Gasteiger partial charge is 0.491 e. The van der Waals surface area contributed by atoms with Crippen molar-refractivity contribution in [3.05, 3.63) is 24.3 Å². The summed E-state index contributed by atoms with van der Waals surface area (Å²) < 4.78 is 21.7. The fourth-order valence-corrected chi connectivity index (χ4v) is 4.94. The monoisotopic (exact) mass is 536 g/mol. The summed E-state index contributed by atoms with van der Waals surface area (Å²) in [4.78, 5) is 28.0. The zero-order chi connectivity index (χ0) is 27.3. The van der Waals surface area contributed by atoms with Crippen molar-refractivity contribution in [2.75, 3.05) is 65.7 Å². The maximum absolute atomic E-state index is 11.9. The van der Waals surface area contributed by atoms with Crippen molar-refractivity contribution < 1.29 is 38.7 Å². The number of carbonyl (C=O) groups is 2. The van der Waals surface area contributed by atoms with Crippen molar-refractivity contribution in [1.82, 2.24) is 9.80 Å². The Bertz CT molecular complexity index is 767. The van der Waals surface area contributed by atoms with Crippen LogP contribution >= 0.6 is 0 Å². The maximum atomic E-state index is 11.9. The van der Waals surface area contributed by atoms with E-state index < -0.39 is 12.2 Å². The Morgan fingerprint density at radius 3 is 1.39 bits per heavy atom. The molecule has 2 aliphatic heterocycles. The highest BCUT2D eigenvalue weighted by atomic mass is 16.5. The first-order valence-electron chi connectivity index (χ1n) is 13.9. The lowest BCUT2D eigenvalue weighted by molar-refractivity contribution is -0.150. The van der Waals surface area contributed by atoms with Crippen LogP contribution in [0.2, 0.25) is 0 Å². The zero-order valence-corrected chi connectivity index (χ0v) is 22.8. The number of ether oxygens (including phenoxy) is 4. The van der Waals surface area contributed by atoms with Crippen LogP contribution in [0, 0.1) is 11.8 Å². The fourth-order valence-electron chi connectivity index (χ4n) is 4.94. The minimum atomic E-state index is -0.637. The van der Waals surface area contributed by atoms with Gasteiger partial charge in [0.1, 0.15) is 36.9 Å². The van der Waals surface area contributed by atoms with Gasteiger partial charge in [0.05, 0.1) is 25.0 Å². The molecule has 2 N–H and O–H groups in total. The number of likely N-dealkylation sites (tertiary alicyclic amines) is 2. The van der Waals surface area contributed by atoms with Crippen molar-refractivity contribution in [2.45, 2.75) is 51.7 Å². The number of aliphatic hydroxyl groups excluding tert-OH is 2. The second-order valence-electron chi connectivity index (χ2n) is 10.1. The Kier molecular flexibility index (Phi) is 12.6. The van der Waals surface area contributed by atoms with E-state index in [0.29, 0.717) is 37.8 Å². The lowest BCUT2D eigenvalue weighted by Crippen LogP contribution is -2.42. The summed E-state index contributed by atoms with van der Waals surface area (Å²) in [6, 6.07) is 7.11. The number of nitrogens with zero attached hydrogens (tertiary/aromatic N) is 2. The van der Waals surface area contributed by atoms with Gasteiger partial charge in [0.2, 0.25) is 0 Å². The van der Waals surface area contributed by atoms with Crippen LogP contribution in [-0.2, 0) is 19.1 Å². The van der Waals surface area contributed by atoms with Crippen LogP contribution in [0.4, 0.5) is 0 Å². The Morgan fingerprint density at radius 2 is 1.08 bits per heavy atom. The molecule has 0 spiro atoms. The Hall–Kier alpha value is -2.40. The van der Waals surface area contributed by atoms with Gasteiger partial charge in [-0.05, 0) is 90.0 Å². The molecule has 10 nitrogen and oxygen atoms in total. The average molecular weight is 537 g/mol. The van der Waals surface area contributed by atoms with E-state index in [0.717, 1.165) is 51.9 Å². The molecule has 0 bridgehead atoms. The standard InChI is InChI=1S/C28H44N2O8/c1-3-35-27(33)21-9-13-29(14-10-21)17-23(31)19-37-25-5-7-26(8-6-25)38-20-24(32)18-30-15-11-22(12-16-30)28(34)36-4-2/h5-8,21-24,31-32H,3-4,9-20H2,1-2H3. The quantitative estimate of drug-likeness (QED) is 0.340. The summed E-state index contributed by atoms with van der Waals surface area (Å²) in [5.74, 6) is 0.925. The van der Waals surface area contributed by atoms with Gasteiger partial charge in [-0.2, -0.15) is 0 Å². The first kappa shape index (κ1) is 30.1. The normalized spacial score (nSPS) is 19.5. The topological polar surface area (TPSA) is 118 Å². The van der Waals surface area contributed by atoms with Gasteiger partial charge in [-0.1, -0.05) is 0 Å². The minimum absolute atomic E-state index is 0.0447. The molecule has 0 amide bonds. The van der Waals surface area contributed by atoms with Crippen molar-refractivity contribution in [2.24, 2.45) is 11.8 Å². The summed E-state index contributed by atoms with van der Waals surface area (Å²) in [7, 11) is 0. The van der Waals surface area contributed by atoms with Crippen molar-refractivity contribution in [1.29, 1.82) is 0 Å².